The van der Waals surface area contributed by atoms with Crippen molar-refractivity contribution < 1.29 is 16.8 Å². The second kappa shape index (κ2) is 9.84. The van der Waals surface area contributed by atoms with Crippen molar-refractivity contribution in [3.05, 3.63) is 48.5 Å². The molecule has 0 bridgehead atoms. The van der Waals surface area contributed by atoms with E-state index >= 15 is 0 Å². The summed E-state index contributed by atoms with van der Waals surface area (Å²) < 4.78 is 0. The minimum atomic E-state index is 0. The van der Waals surface area contributed by atoms with Crippen molar-refractivity contribution in [3.8, 4) is 0 Å². The smallest absolute Gasteiger partial charge is 0.00597 e. The molecule has 0 aliphatic carbocycles. The second-order valence-corrected chi connectivity index (χ2v) is 6.38. The number of piperidine rings is 2. The molecule has 2 aromatic rings. The molecule has 0 saturated carbocycles. The van der Waals surface area contributed by atoms with Crippen LogP contribution in [0.3, 0.4) is 0 Å². The van der Waals surface area contributed by atoms with Gasteiger partial charge in [-0.05, 0) is 38.8 Å². The second-order valence-electron chi connectivity index (χ2n) is 6.38. The average molecular weight is 355 g/mol. The molecule has 2 nitrogen and oxygen atoms in total. The van der Waals surface area contributed by atoms with Crippen molar-refractivity contribution in [2.45, 2.75) is 38.5 Å². The van der Waals surface area contributed by atoms with E-state index in [0.29, 0.717) is 0 Å². The Labute approximate surface area is 151 Å². The van der Waals surface area contributed by atoms with Gasteiger partial charge in [0.2, 0.25) is 0 Å². The van der Waals surface area contributed by atoms with Crippen molar-refractivity contribution in [1.29, 1.82) is 0 Å². The third kappa shape index (κ3) is 5.43. The molecule has 0 N–H and O–H groups in total. The first kappa shape index (κ1) is 18.1. The first-order valence-electron chi connectivity index (χ1n) is 8.87. The van der Waals surface area contributed by atoms with Crippen LogP contribution in [0.4, 0.5) is 11.4 Å². The molecule has 3 heteroatoms. The summed E-state index contributed by atoms with van der Waals surface area (Å²) in [4.78, 5) is 4.95. The fourth-order valence-electron chi connectivity index (χ4n) is 3.45. The number of nitrogens with zero attached hydrogens (tertiary/aromatic N) is 2. The minimum absolute atomic E-state index is 0. The zero-order valence-electron chi connectivity index (χ0n) is 13.9. The van der Waals surface area contributed by atoms with E-state index in [9.17, 15) is 0 Å². The van der Waals surface area contributed by atoms with Gasteiger partial charge in [0.1, 0.15) is 0 Å². The van der Waals surface area contributed by atoms with E-state index in [1.165, 1.54) is 76.1 Å². The van der Waals surface area contributed by atoms with Crippen LogP contribution in [-0.2, 0) is 16.8 Å². The molecule has 1 radical (unpaired) electrons. The van der Waals surface area contributed by atoms with E-state index in [-0.39, 0.29) is 16.8 Å². The van der Waals surface area contributed by atoms with Gasteiger partial charge in [0, 0.05) is 29.9 Å². The molecule has 0 amide bonds. The molecule has 2 aromatic carbocycles. The molecule has 4 rings (SSSR count). The first-order valence-corrected chi connectivity index (χ1v) is 8.87. The van der Waals surface area contributed by atoms with Crippen molar-refractivity contribution in [1.82, 2.24) is 0 Å². The SMILES string of the molecule is [Co].[cH-]1[cH-][cH-][c-](N2CCCCC2)[cH-]1.c1cc[c-](N2CCCCC2)c1. The minimum Gasteiger partial charge on any atom is -0.746 e. The van der Waals surface area contributed by atoms with Gasteiger partial charge >= 0.3 is 0 Å². The maximum absolute atomic E-state index is 2.48. The Morgan fingerprint density at radius 1 is 0.652 bits per heavy atom. The van der Waals surface area contributed by atoms with Crippen molar-refractivity contribution in [2.24, 2.45) is 0 Å². The quantitative estimate of drug-likeness (QED) is 0.715. The van der Waals surface area contributed by atoms with Crippen LogP contribution < -0.4 is 9.80 Å². The van der Waals surface area contributed by atoms with E-state index in [1.807, 2.05) is 0 Å². The van der Waals surface area contributed by atoms with Crippen LogP contribution >= 0.6 is 0 Å². The monoisotopic (exact) mass is 355 g/mol. The van der Waals surface area contributed by atoms with Gasteiger partial charge in [0.15, 0.2) is 0 Å². The topological polar surface area (TPSA) is 6.48 Å². The molecular weight excluding hydrogens is 327 g/mol. The van der Waals surface area contributed by atoms with E-state index in [0.717, 1.165) is 0 Å². The van der Waals surface area contributed by atoms with Gasteiger partial charge in [-0.2, -0.15) is 12.1 Å². The molecule has 2 aliphatic heterocycles. The summed E-state index contributed by atoms with van der Waals surface area (Å²) in [5.41, 5.74) is 2.81. The molecule has 0 atom stereocenters. The molecule has 2 aliphatic rings. The maximum Gasteiger partial charge on any atom is 0.00597 e. The average Bonchev–Trinajstić information content (AvgIpc) is 3.31. The molecule has 2 heterocycles. The van der Waals surface area contributed by atoms with Crippen LogP contribution in [0.2, 0.25) is 0 Å². The molecular formula is C20H28CoN2-6. The molecule has 2 fully saturated rings. The predicted molar refractivity (Wildman–Crippen MR) is 96.2 cm³/mol. The number of hydrogen-bond donors (Lipinski definition) is 0. The van der Waals surface area contributed by atoms with Crippen LogP contribution in [0.1, 0.15) is 38.5 Å². The van der Waals surface area contributed by atoms with Gasteiger partial charge in [0.25, 0.3) is 0 Å². The summed E-state index contributed by atoms with van der Waals surface area (Å²) in [5, 5.41) is 0. The summed E-state index contributed by atoms with van der Waals surface area (Å²) in [6.45, 7) is 5.02. The molecule has 2 saturated heterocycles. The third-order valence-corrected chi connectivity index (χ3v) is 4.73. The number of anilines is 2. The van der Waals surface area contributed by atoms with Gasteiger partial charge in [-0.3, -0.25) is 0 Å². The van der Waals surface area contributed by atoms with E-state index in [4.69, 9.17) is 0 Å². The Morgan fingerprint density at radius 2 is 1.13 bits per heavy atom. The summed E-state index contributed by atoms with van der Waals surface area (Å²) >= 11 is 0. The number of rotatable bonds is 2. The van der Waals surface area contributed by atoms with Gasteiger partial charge in [0.05, 0.1) is 0 Å². The molecule has 23 heavy (non-hydrogen) atoms. The Morgan fingerprint density at radius 3 is 1.65 bits per heavy atom. The molecule has 133 valence electrons. The van der Waals surface area contributed by atoms with Crippen molar-refractivity contribution in [2.75, 3.05) is 36.0 Å². The van der Waals surface area contributed by atoms with Gasteiger partial charge in [-0.1, -0.05) is 18.5 Å². The van der Waals surface area contributed by atoms with Crippen LogP contribution in [0.15, 0.2) is 48.5 Å². The fraction of sp³-hybridized carbons (Fsp3) is 0.500. The summed E-state index contributed by atoms with van der Waals surface area (Å²) in [6, 6.07) is 17.3. The Hall–Kier alpha value is -1.19. The van der Waals surface area contributed by atoms with E-state index in [1.54, 1.807) is 0 Å². The van der Waals surface area contributed by atoms with Crippen LogP contribution in [0.25, 0.3) is 0 Å². The Balaban J connectivity index is 0.000000160. The van der Waals surface area contributed by atoms with Crippen LogP contribution in [-0.4, -0.2) is 26.2 Å². The van der Waals surface area contributed by atoms with Gasteiger partial charge < -0.3 is 39.8 Å². The predicted octanol–water partition coefficient (Wildman–Crippen LogP) is 4.79. The standard InChI is InChI=1S/2C10H14N.Co/c2*1-4-8-11(9-5-1)10-6-2-3-7-10;/h2*2-3,6-7H,1,4-5,8-9H2;/q-5;-1;. The van der Waals surface area contributed by atoms with Crippen LogP contribution in [0.5, 0.6) is 0 Å². The van der Waals surface area contributed by atoms with E-state index in [2.05, 4.69) is 58.3 Å². The first-order chi connectivity index (χ1) is 10.9. The zero-order chi connectivity index (χ0) is 15.0. The largest absolute Gasteiger partial charge is 0.746 e. The zero-order valence-corrected chi connectivity index (χ0v) is 15.0. The molecule has 0 aromatic heterocycles. The molecule has 0 unspecified atom stereocenters. The van der Waals surface area contributed by atoms with Gasteiger partial charge in [-0.25, -0.2) is 12.1 Å². The maximum atomic E-state index is 2.48. The van der Waals surface area contributed by atoms with Gasteiger partial charge in [-0.15, -0.1) is 0 Å². The fourth-order valence-corrected chi connectivity index (χ4v) is 3.45. The Bertz CT molecular complexity index is 443. The molecule has 0 spiro atoms. The summed E-state index contributed by atoms with van der Waals surface area (Å²) in [7, 11) is 0. The summed E-state index contributed by atoms with van der Waals surface area (Å²) in [6.07, 6.45) is 8.29. The normalized spacial score (nSPS) is 17.9. The summed E-state index contributed by atoms with van der Waals surface area (Å²) in [5.74, 6) is 0. The van der Waals surface area contributed by atoms with Crippen molar-refractivity contribution in [3.63, 3.8) is 0 Å². The third-order valence-electron chi connectivity index (χ3n) is 4.73. The van der Waals surface area contributed by atoms with Crippen molar-refractivity contribution >= 4 is 11.4 Å². The van der Waals surface area contributed by atoms with E-state index < -0.39 is 0 Å². The van der Waals surface area contributed by atoms with Crippen LogP contribution in [0, 0.1) is 0 Å². The Kier molecular flexibility index (Phi) is 7.76. The number of hydrogen-bond acceptors (Lipinski definition) is 2.